The van der Waals surface area contributed by atoms with Crippen LogP contribution < -0.4 is 16.0 Å². The van der Waals surface area contributed by atoms with Gasteiger partial charge in [0, 0.05) is 19.6 Å². The number of amides is 3. The molecule has 9 rings (SSSR count). The van der Waals surface area contributed by atoms with Gasteiger partial charge in [-0.3, -0.25) is 29.1 Å². The minimum atomic E-state index is 0.203. The third kappa shape index (κ3) is 10.5. The number of hydrogen-bond acceptors (Lipinski definition) is 6. The first kappa shape index (κ1) is 29.3. The van der Waals surface area contributed by atoms with Crippen LogP contribution in [0.4, 0.5) is 0 Å². The molecule has 9 fully saturated rings. The number of fused-ring (bicyclic) bond motifs is 20. The predicted octanol–water partition coefficient (Wildman–Crippen LogP) is 1.44. The van der Waals surface area contributed by atoms with Crippen molar-refractivity contribution in [1.29, 1.82) is 0 Å². The van der Waals surface area contributed by atoms with Gasteiger partial charge in [0.05, 0.1) is 19.6 Å². The summed E-state index contributed by atoms with van der Waals surface area (Å²) in [6.45, 7) is 11.3. The van der Waals surface area contributed by atoms with E-state index in [0.29, 0.717) is 19.6 Å². The van der Waals surface area contributed by atoms with E-state index in [1.54, 1.807) is 0 Å². The van der Waals surface area contributed by atoms with E-state index in [-0.39, 0.29) is 17.7 Å². The summed E-state index contributed by atoms with van der Waals surface area (Å²) in [5.41, 5.74) is 0. The molecule has 9 aliphatic rings. The average molecular weight is 533 g/mol. The molecule has 0 aliphatic carbocycles. The number of piperidine rings is 3. The van der Waals surface area contributed by atoms with Gasteiger partial charge in [0.15, 0.2) is 0 Å². The van der Waals surface area contributed by atoms with Gasteiger partial charge >= 0.3 is 0 Å². The second-order valence-corrected chi connectivity index (χ2v) is 12.3. The molecular formula is C29H52N6O3. The molecule has 38 heavy (non-hydrogen) atoms. The van der Waals surface area contributed by atoms with Gasteiger partial charge in [0.2, 0.25) is 17.7 Å². The maximum Gasteiger partial charge on any atom is 0.234 e. The van der Waals surface area contributed by atoms with Crippen molar-refractivity contribution in [3.05, 3.63) is 0 Å². The van der Waals surface area contributed by atoms with E-state index in [2.05, 4.69) is 30.7 Å². The van der Waals surface area contributed by atoms with Crippen LogP contribution in [0.1, 0.15) is 70.6 Å². The lowest BCUT2D eigenvalue weighted by Gasteiger charge is -2.34. The first-order chi connectivity index (χ1) is 18.5. The van der Waals surface area contributed by atoms with Crippen LogP contribution in [0.3, 0.4) is 0 Å². The van der Waals surface area contributed by atoms with Crippen molar-refractivity contribution in [3.8, 4) is 0 Å². The minimum Gasteiger partial charge on any atom is -0.355 e. The molecule has 216 valence electrons. The lowest BCUT2D eigenvalue weighted by Crippen LogP contribution is -2.48. The largest absolute Gasteiger partial charge is 0.355 e. The molecule has 9 saturated heterocycles. The van der Waals surface area contributed by atoms with Crippen LogP contribution in [0.5, 0.6) is 0 Å². The van der Waals surface area contributed by atoms with Crippen LogP contribution in [0, 0.1) is 17.8 Å². The molecule has 9 aliphatic heterocycles. The molecule has 6 bridgehead atoms. The molecule has 3 amide bonds. The fraction of sp³-hybridized carbons (Fsp3) is 0.897. The predicted molar refractivity (Wildman–Crippen MR) is 150 cm³/mol. The summed E-state index contributed by atoms with van der Waals surface area (Å²) in [7, 11) is 0. The maximum atomic E-state index is 11.4. The molecule has 0 aromatic heterocycles. The molecule has 0 unspecified atom stereocenters. The van der Waals surface area contributed by atoms with Crippen molar-refractivity contribution in [2.75, 3.05) is 78.5 Å². The van der Waals surface area contributed by atoms with E-state index < -0.39 is 0 Å². The van der Waals surface area contributed by atoms with Crippen LogP contribution in [-0.4, -0.2) is 111 Å². The number of carbonyl (C=O) groups excluding carboxylic acids is 3. The SMILES string of the molecule is O=C1CN2CCC(CC2)CN1.O=C1CN2CCC(CCCCN1)CC2.O=C1CN2CCC(CCCN1)CC2. The highest BCUT2D eigenvalue weighted by Gasteiger charge is 2.24. The summed E-state index contributed by atoms with van der Waals surface area (Å²) in [6, 6.07) is 0. The number of carbonyl (C=O) groups is 3. The molecule has 0 saturated carbocycles. The monoisotopic (exact) mass is 532 g/mol. The number of nitrogens with one attached hydrogen (secondary N) is 3. The number of nitrogens with zero attached hydrogens (tertiary/aromatic N) is 3. The Hall–Kier alpha value is -1.71. The molecule has 3 N–H and O–H groups in total. The van der Waals surface area contributed by atoms with Gasteiger partial charge in [0.1, 0.15) is 0 Å². The molecule has 9 heterocycles. The second-order valence-electron chi connectivity index (χ2n) is 12.3. The smallest absolute Gasteiger partial charge is 0.234 e. The van der Waals surface area contributed by atoms with E-state index >= 15 is 0 Å². The molecule has 0 aromatic carbocycles. The summed E-state index contributed by atoms with van der Waals surface area (Å²) in [5, 5.41) is 8.87. The third-order valence-corrected chi connectivity index (χ3v) is 9.28. The maximum absolute atomic E-state index is 11.4. The van der Waals surface area contributed by atoms with Crippen LogP contribution in [0.25, 0.3) is 0 Å². The standard InChI is InChI=1S/C11H20N2O.C10H18N2O.C8H14N2O/c14-11-9-13-7-4-10(5-8-13)3-1-2-6-12-11;13-10-8-12-6-3-9(4-7-12)2-1-5-11-10;11-8-6-10-3-1-7(2-4-10)5-9-8/h10H,1-9H2,(H,12,14);9H,1-8H2,(H,11,13);7H,1-6H2,(H,9,11). The van der Waals surface area contributed by atoms with Crippen molar-refractivity contribution in [2.45, 2.75) is 70.6 Å². The number of hydrogen-bond donors (Lipinski definition) is 3. The zero-order chi connectivity index (χ0) is 26.6. The summed E-state index contributed by atoms with van der Waals surface area (Å²) in [5.74, 6) is 3.22. The van der Waals surface area contributed by atoms with Crippen molar-refractivity contribution in [1.82, 2.24) is 30.7 Å². The van der Waals surface area contributed by atoms with E-state index in [1.807, 2.05) is 0 Å². The highest BCUT2D eigenvalue weighted by molar-refractivity contribution is 5.78. The first-order valence-electron chi connectivity index (χ1n) is 15.5. The van der Waals surface area contributed by atoms with Gasteiger partial charge in [-0.25, -0.2) is 0 Å². The molecule has 0 spiro atoms. The minimum absolute atomic E-state index is 0.203. The zero-order valence-corrected chi connectivity index (χ0v) is 23.6. The summed E-state index contributed by atoms with van der Waals surface area (Å²) in [6.07, 6.45) is 14.0. The Bertz CT molecular complexity index is 738. The van der Waals surface area contributed by atoms with E-state index in [0.717, 1.165) is 89.5 Å². The molecular weight excluding hydrogens is 480 g/mol. The van der Waals surface area contributed by atoms with Crippen LogP contribution >= 0.6 is 0 Å². The van der Waals surface area contributed by atoms with Gasteiger partial charge in [-0.2, -0.15) is 0 Å². The molecule has 0 radical (unpaired) electrons. The molecule has 0 atom stereocenters. The summed E-state index contributed by atoms with van der Waals surface area (Å²) >= 11 is 0. The molecule has 0 aromatic rings. The fourth-order valence-corrected chi connectivity index (χ4v) is 6.65. The second kappa shape index (κ2) is 15.8. The Labute approximate surface area is 229 Å². The summed E-state index contributed by atoms with van der Waals surface area (Å²) in [4.78, 5) is 40.7. The van der Waals surface area contributed by atoms with E-state index in [9.17, 15) is 14.4 Å². The highest BCUT2D eigenvalue weighted by atomic mass is 16.2. The Morgan fingerprint density at radius 2 is 0.842 bits per heavy atom. The topological polar surface area (TPSA) is 97.0 Å². The van der Waals surface area contributed by atoms with Gasteiger partial charge in [-0.15, -0.1) is 0 Å². The van der Waals surface area contributed by atoms with Crippen LogP contribution in [0.15, 0.2) is 0 Å². The fourth-order valence-electron chi connectivity index (χ4n) is 6.65. The Balaban J connectivity index is 0.000000134. The van der Waals surface area contributed by atoms with Gasteiger partial charge in [-0.1, -0.05) is 12.8 Å². The summed E-state index contributed by atoms with van der Waals surface area (Å²) < 4.78 is 0. The normalized spacial score (nSPS) is 35.8. The highest BCUT2D eigenvalue weighted by Crippen LogP contribution is 2.23. The Kier molecular flexibility index (Phi) is 12.2. The Morgan fingerprint density at radius 1 is 0.447 bits per heavy atom. The van der Waals surface area contributed by atoms with E-state index in [1.165, 1.54) is 57.8 Å². The van der Waals surface area contributed by atoms with Crippen molar-refractivity contribution in [3.63, 3.8) is 0 Å². The van der Waals surface area contributed by atoms with Crippen LogP contribution in [-0.2, 0) is 14.4 Å². The third-order valence-electron chi connectivity index (χ3n) is 9.28. The van der Waals surface area contributed by atoms with Crippen molar-refractivity contribution < 1.29 is 14.4 Å². The van der Waals surface area contributed by atoms with Gasteiger partial charge in [0.25, 0.3) is 0 Å². The molecule has 9 nitrogen and oxygen atoms in total. The van der Waals surface area contributed by atoms with Gasteiger partial charge < -0.3 is 16.0 Å². The average Bonchev–Trinajstić information content (AvgIpc) is 2.98. The quantitative estimate of drug-likeness (QED) is 0.437. The lowest BCUT2D eigenvalue weighted by molar-refractivity contribution is -0.124. The lowest BCUT2D eigenvalue weighted by atomic mass is 9.92. The first-order valence-corrected chi connectivity index (χ1v) is 15.5. The molecule has 9 heteroatoms. The van der Waals surface area contributed by atoms with Crippen molar-refractivity contribution in [2.24, 2.45) is 17.8 Å². The number of rotatable bonds is 0. The van der Waals surface area contributed by atoms with Crippen LogP contribution in [0.2, 0.25) is 0 Å². The zero-order valence-electron chi connectivity index (χ0n) is 23.6. The van der Waals surface area contributed by atoms with Crippen molar-refractivity contribution >= 4 is 17.7 Å². The van der Waals surface area contributed by atoms with E-state index in [4.69, 9.17) is 0 Å². The Morgan fingerprint density at radius 3 is 1.34 bits per heavy atom. The van der Waals surface area contributed by atoms with Gasteiger partial charge in [-0.05, 0) is 115 Å².